The summed E-state index contributed by atoms with van der Waals surface area (Å²) in [5, 5.41) is 3.63. The van der Waals surface area contributed by atoms with Gasteiger partial charge >= 0.3 is 0 Å². The zero-order chi connectivity index (χ0) is 25.8. The molecule has 0 radical (unpaired) electrons. The molecule has 0 saturated carbocycles. The van der Waals surface area contributed by atoms with Gasteiger partial charge in [-0.3, -0.25) is 15.0 Å². The van der Waals surface area contributed by atoms with Crippen molar-refractivity contribution in [1.29, 1.82) is 0 Å². The maximum atomic E-state index is 4.73. The van der Waals surface area contributed by atoms with Crippen molar-refractivity contribution in [2.45, 2.75) is 53.1 Å². The Morgan fingerprint density at radius 2 is 1.94 bits per heavy atom. The molecule has 5 nitrogen and oxygen atoms in total. The van der Waals surface area contributed by atoms with Crippen LogP contribution in [0.15, 0.2) is 75.2 Å². The number of aromatic nitrogens is 1. The number of halogens is 1. The fourth-order valence-corrected chi connectivity index (χ4v) is 4.17. The number of rotatable bonds is 9. The Kier molecular flexibility index (Phi) is 11.6. The van der Waals surface area contributed by atoms with Crippen LogP contribution in [0.4, 0.5) is 5.69 Å². The van der Waals surface area contributed by atoms with Crippen molar-refractivity contribution in [2.75, 3.05) is 19.0 Å². The van der Waals surface area contributed by atoms with E-state index in [0.717, 1.165) is 56.7 Å². The van der Waals surface area contributed by atoms with E-state index in [0.29, 0.717) is 6.54 Å². The van der Waals surface area contributed by atoms with Gasteiger partial charge in [0.1, 0.15) is 0 Å². The number of hydrogen-bond acceptors (Lipinski definition) is 5. The zero-order valence-corrected chi connectivity index (χ0v) is 23.4. The maximum Gasteiger partial charge on any atom is 0.0898 e. The van der Waals surface area contributed by atoms with Gasteiger partial charge in [0.25, 0.3) is 0 Å². The number of nitrogens with zero attached hydrogens (tertiary/aromatic N) is 4. The first-order valence-corrected chi connectivity index (χ1v) is 13.0. The SMILES string of the molecule is C=Cc1ccc(C(/C=C(\CCC)NCc2cncc(Br)c2)=C2\N=CC=NC2C)cc1N(C)C.CC. The second-order valence-electron chi connectivity index (χ2n) is 8.21. The molecular weight excluding hydrogens is 498 g/mol. The molecule has 0 saturated heterocycles. The van der Waals surface area contributed by atoms with E-state index in [2.05, 4.69) is 101 Å². The number of aliphatic imine (C=N–C) groups is 2. The van der Waals surface area contributed by atoms with Crippen molar-refractivity contribution >= 4 is 45.7 Å². The fraction of sp³-hybridized carbons (Fsp3) is 0.345. The molecule has 1 aliphatic heterocycles. The van der Waals surface area contributed by atoms with E-state index in [1.54, 1.807) is 18.6 Å². The van der Waals surface area contributed by atoms with Gasteiger partial charge in [-0.2, -0.15) is 0 Å². The number of allylic oxidation sites excluding steroid dienone is 3. The summed E-state index contributed by atoms with van der Waals surface area (Å²) in [5.41, 5.74) is 7.67. The molecule has 1 aromatic heterocycles. The molecule has 35 heavy (non-hydrogen) atoms. The van der Waals surface area contributed by atoms with Crippen LogP contribution >= 0.6 is 15.9 Å². The van der Waals surface area contributed by atoms with Crippen LogP contribution in [0.5, 0.6) is 0 Å². The smallest absolute Gasteiger partial charge is 0.0898 e. The van der Waals surface area contributed by atoms with Crippen molar-refractivity contribution in [1.82, 2.24) is 10.3 Å². The average Bonchev–Trinajstić information content (AvgIpc) is 2.87. The van der Waals surface area contributed by atoms with Crippen molar-refractivity contribution in [3.8, 4) is 0 Å². The molecule has 0 amide bonds. The van der Waals surface area contributed by atoms with Gasteiger partial charge in [-0.05, 0) is 64.2 Å². The van der Waals surface area contributed by atoms with Gasteiger partial charge in [-0.15, -0.1) is 0 Å². The molecule has 2 aromatic rings. The van der Waals surface area contributed by atoms with Crippen molar-refractivity contribution in [3.63, 3.8) is 0 Å². The van der Waals surface area contributed by atoms with Gasteiger partial charge < -0.3 is 10.2 Å². The van der Waals surface area contributed by atoms with E-state index in [4.69, 9.17) is 4.99 Å². The minimum atomic E-state index is -0.0136. The first kappa shape index (κ1) is 28.2. The number of anilines is 1. The minimum Gasteiger partial charge on any atom is -0.384 e. The Balaban J connectivity index is 0.00000210. The zero-order valence-electron chi connectivity index (χ0n) is 21.8. The quantitative estimate of drug-likeness (QED) is 0.366. The van der Waals surface area contributed by atoms with Gasteiger partial charge in [0.2, 0.25) is 0 Å². The van der Waals surface area contributed by atoms with Gasteiger partial charge in [-0.25, -0.2) is 0 Å². The van der Waals surface area contributed by atoms with Crippen LogP contribution < -0.4 is 10.2 Å². The van der Waals surface area contributed by atoms with Crippen LogP contribution in [0.25, 0.3) is 11.6 Å². The molecular formula is C29H38BrN5. The standard InChI is InChI=1S/C27H32BrN5.C2H6/c1-6-8-24(32-17-20-13-23(28)18-29-16-20)15-25(27-19(3)30-11-12-31-27)22-10-9-21(7-2)26(14-22)33(4)5;1-2/h7,9-16,18-19,32H,2,6,8,17H2,1,3-5H3;1-2H3/b24-15+,27-25-;. The summed E-state index contributed by atoms with van der Waals surface area (Å²) in [6.07, 6.45) is 13.3. The predicted molar refractivity (Wildman–Crippen MR) is 157 cm³/mol. The lowest BCUT2D eigenvalue weighted by atomic mass is 9.96. The van der Waals surface area contributed by atoms with E-state index in [-0.39, 0.29) is 6.04 Å². The molecule has 1 unspecified atom stereocenters. The molecule has 0 spiro atoms. The van der Waals surface area contributed by atoms with Crippen LogP contribution in [0.2, 0.25) is 0 Å². The molecule has 2 heterocycles. The molecule has 0 fully saturated rings. The lowest BCUT2D eigenvalue weighted by Crippen LogP contribution is -2.15. The third-order valence-electron chi connectivity index (χ3n) is 5.42. The molecule has 1 aliphatic rings. The third-order valence-corrected chi connectivity index (χ3v) is 5.86. The molecule has 1 atom stereocenters. The highest BCUT2D eigenvalue weighted by Gasteiger charge is 2.17. The van der Waals surface area contributed by atoms with E-state index in [1.165, 1.54) is 0 Å². The number of hydrogen-bond donors (Lipinski definition) is 1. The van der Waals surface area contributed by atoms with Crippen LogP contribution in [0.1, 0.15) is 57.2 Å². The number of pyridine rings is 1. The van der Waals surface area contributed by atoms with Crippen LogP contribution in [0, 0.1) is 0 Å². The monoisotopic (exact) mass is 535 g/mol. The second-order valence-corrected chi connectivity index (χ2v) is 9.12. The van der Waals surface area contributed by atoms with Crippen LogP contribution in [0.3, 0.4) is 0 Å². The lowest BCUT2D eigenvalue weighted by Gasteiger charge is -2.21. The first-order valence-electron chi connectivity index (χ1n) is 12.2. The molecule has 3 rings (SSSR count). The minimum absolute atomic E-state index is 0.0136. The first-order chi connectivity index (χ1) is 16.9. The fourth-order valence-electron chi connectivity index (χ4n) is 3.75. The normalized spacial score (nSPS) is 16.3. The Labute approximate surface area is 219 Å². The summed E-state index contributed by atoms with van der Waals surface area (Å²) >= 11 is 3.51. The van der Waals surface area contributed by atoms with E-state index < -0.39 is 0 Å². The van der Waals surface area contributed by atoms with Crippen molar-refractivity contribution in [3.05, 3.63) is 81.9 Å². The van der Waals surface area contributed by atoms with Gasteiger partial charge in [0, 0.05) is 66.9 Å². The summed E-state index contributed by atoms with van der Waals surface area (Å²) in [6.45, 7) is 13.0. The van der Waals surface area contributed by atoms with E-state index in [1.807, 2.05) is 26.1 Å². The molecule has 1 N–H and O–H groups in total. The number of benzene rings is 1. The van der Waals surface area contributed by atoms with Gasteiger partial charge in [-0.1, -0.05) is 52.0 Å². The molecule has 6 heteroatoms. The van der Waals surface area contributed by atoms with E-state index in [9.17, 15) is 0 Å². The summed E-state index contributed by atoms with van der Waals surface area (Å²) in [6, 6.07) is 8.54. The largest absolute Gasteiger partial charge is 0.384 e. The van der Waals surface area contributed by atoms with Crippen molar-refractivity contribution in [2.24, 2.45) is 9.98 Å². The van der Waals surface area contributed by atoms with Crippen molar-refractivity contribution < 1.29 is 0 Å². The Morgan fingerprint density at radius 3 is 2.57 bits per heavy atom. The van der Waals surface area contributed by atoms with Crippen LogP contribution in [-0.2, 0) is 6.54 Å². The highest BCUT2D eigenvalue weighted by Crippen LogP contribution is 2.31. The topological polar surface area (TPSA) is 52.9 Å². The predicted octanol–water partition coefficient (Wildman–Crippen LogP) is 7.31. The third kappa shape index (κ3) is 8.03. The number of nitrogens with one attached hydrogen (secondary N) is 1. The molecule has 1 aromatic carbocycles. The highest BCUT2D eigenvalue weighted by molar-refractivity contribution is 9.10. The Morgan fingerprint density at radius 1 is 1.17 bits per heavy atom. The maximum absolute atomic E-state index is 4.73. The summed E-state index contributed by atoms with van der Waals surface area (Å²) in [4.78, 5) is 15.7. The Hall–Kier alpha value is -2.99. The molecule has 0 bridgehead atoms. The lowest BCUT2D eigenvalue weighted by molar-refractivity contribution is 0.734. The molecule has 186 valence electrons. The van der Waals surface area contributed by atoms with Crippen LogP contribution in [-0.4, -0.2) is 37.6 Å². The summed E-state index contributed by atoms with van der Waals surface area (Å²) < 4.78 is 0.979. The average molecular weight is 537 g/mol. The molecule has 0 aliphatic carbocycles. The summed E-state index contributed by atoms with van der Waals surface area (Å²) in [7, 11) is 4.10. The van der Waals surface area contributed by atoms with Gasteiger partial charge in [0.05, 0.1) is 11.7 Å². The second kappa shape index (κ2) is 14.4. The van der Waals surface area contributed by atoms with Gasteiger partial charge in [0.15, 0.2) is 0 Å². The Bertz CT molecular complexity index is 1110. The van der Waals surface area contributed by atoms with E-state index >= 15 is 0 Å². The summed E-state index contributed by atoms with van der Waals surface area (Å²) in [5.74, 6) is 0. The highest BCUT2D eigenvalue weighted by atomic mass is 79.9.